The van der Waals surface area contributed by atoms with E-state index in [1.807, 2.05) is 42.0 Å². The van der Waals surface area contributed by atoms with Gasteiger partial charge in [0, 0.05) is 18.1 Å². The van der Waals surface area contributed by atoms with Gasteiger partial charge in [-0.2, -0.15) is 0 Å². The minimum Gasteiger partial charge on any atom is -0.349 e. The van der Waals surface area contributed by atoms with Crippen LogP contribution < -0.4 is 5.32 Å². The van der Waals surface area contributed by atoms with Crippen molar-refractivity contribution < 1.29 is 9.18 Å². The summed E-state index contributed by atoms with van der Waals surface area (Å²) in [6.07, 6.45) is 5.35. The highest BCUT2D eigenvalue weighted by molar-refractivity contribution is 5.79. The lowest BCUT2D eigenvalue weighted by molar-refractivity contribution is -0.121. The molecule has 4 nitrogen and oxygen atoms in total. The maximum absolute atomic E-state index is 13.6. The Hall–Kier alpha value is -2.95. The quantitative estimate of drug-likeness (QED) is 0.782. The molecule has 24 heavy (non-hydrogen) atoms. The number of hydrogen-bond acceptors (Lipinski definition) is 2. The van der Waals surface area contributed by atoms with Crippen LogP contribution in [-0.4, -0.2) is 15.5 Å². The van der Waals surface area contributed by atoms with Gasteiger partial charge in [-0.3, -0.25) is 4.79 Å². The van der Waals surface area contributed by atoms with Crippen LogP contribution in [0.2, 0.25) is 0 Å². The molecule has 3 rings (SSSR count). The molecule has 122 valence electrons. The van der Waals surface area contributed by atoms with Crippen LogP contribution in [0.15, 0.2) is 67.3 Å². The fraction of sp³-hybridized carbons (Fsp3) is 0.158. The van der Waals surface area contributed by atoms with Gasteiger partial charge >= 0.3 is 0 Å². The van der Waals surface area contributed by atoms with E-state index in [9.17, 15) is 9.18 Å². The first-order chi connectivity index (χ1) is 11.6. The Kier molecular flexibility index (Phi) is 4.70. The van der Waals surface area contributed by atoms with Crippen LogP contribution in [0.25, 0.3) is 5.69 Å². The number of amides is 1. The number of carbonyl (C=O) groups excluding carboxylic acids is 1. The third kappa shape index (κ3) is 3.68. The molecule has 0 saturated heterocycles. The van der Waals surface area contributed by atoms with Gasteiger partial charge in [0.25, 0.3) is 0 Å². The standard InChI is InChI=1S/C19H18FN3O/c1-14(22-19(24)12-16-4-2-3-5-18(16)20)15-6-8-17(9-7-15)23-11-10-21-13-23/h2-11,13-14H,12H2,1H3,(H,22,24). The van der Waals surface area contributed by atoms with E-state index >= 15 is 0 Å². The van der Waals surface area contributed by atoms with Gasteiger partial charge < -0.3 is 9.88 Å². The number of nitrogens with one attached hydrogen (secondary N) is 1. The molecular weight excluding hydrogens is 305 g/mol. The molecule has 1 unspecified atom stereocenters. The first kappa shape index (κ1) is 15.9. The third-order valence-electron chi connectivity index (χ3n) is 3.88. The van der Waals surface area contributed by atoms with Crippen molar-refractivity contribution in [3.8, 4) is 5.69 Å². The van der Waals surface area contributed by atoms with Crippen LogP contribution in [0, 0.1) is 5.82 Å². The molecule has 3 aromatic rings. The van der Waals surface area contributed by atoms with E-state index < -0.39 is 0 Å². The lowest BCUT2D eigenvalue weighted by Gasteiger charge is -2.15. The molecule has 0 radical (unpaired) electrons. The van der Waals surface area contributed by atoms with Crippen molar-refractivity contribution in [3.05, 3.63) is 84.2 Å². The van der Waals surface area contributed by atoms with E-state index in [2.05, 4.69) is 10.3 Å². The van der Waals surface area contributed by atoms with Gasteiger partial charge in [0.15, 0.2) is 0 Å². The van der Waals surface area contributed by atoms with Gasteiger partial charge in [0.2, 0.25) is 5.91 Å². The molecule has 5 heteroatoms. The van der Waals surface area contributed by atoms with Crippen LogP contribution in [0.1, 0.15) is 24.1 Å². The van der Waals surface area contributed by atoms with Crippen LogP contribution in [-0.2, 0) is 11.2 Å². The molecule has 2 aromatic carbocycles. The molecule has 1 amide bonds. The van der Waals surface area contributed by atoms with E-state index in [1.165, 1.54) is 6.07 Å². The largest absolute Gasteiger partial charge is 0.349 e. The maximum atomic E-state index is 13.6. The molecule has 1 heterocycles. The summed E-state index contributed by atoms with van der Waals surface area (Å²) in [5.41, 5.74) is 2.39. The summed E-state index contributed by atoms with van der Waals surface area (Å²) in [4.78, 5) is 16.1. The predicted octanol–water partition coefficient (Wildman–Crippen LogP) is 3.43. The Morgan fingerprint density at radius 1 is 1.21 bits per heavy atom. The second-order valence-electron chi connectivity index (χ2n) is 5.62. The molecule has 0 aliphatic rings. The van der Waals surface area contributed by atoms with Gasteiger partial charge in [-0.05, 0) is 36.2 Å². The zero-order valence-corrected chi connectivity index (χ0v) is 13.3. The summed E-state index contributed by atoms with van der Waals surface area (Å²) in [5, 5.41) is 2.90. The van der Waals surface area contributed by atoms with Crippen molar-refractivity contribution in [2.45, 2.75) is 19.4 Å². The van der Waals surface area contributed by atoms with Crippen molar-refractivity contribution in [3.63, 3.8) is 0 Å². The molecule has 1 atom stereocenters. The Morgan fingerprint density at radius 2 is 1.96 bits per heavy atom. The summed E-state index contributed by atoms with van der Waals surface area (Å²) in [7, 11) is 0. The van der Waals surface area contributed by atoms with Gasteiger partial charge in [-0.15, -0.1) is 0 Å². The first-order valence-corrected chi connectivity index (χ1v) is 7.74. The number of hydrogen-bond donors (Lipinski definition) is 1. The zero-order chi connectivity index (χ0) is 16.9. The smallest absolute Gasteiger partial charge is 0.225 e. The minimum absolute atomic E-state index is 0.0319. The van der Waals surface area contributed by atoms with E-state index in [0.29, 0.717) is 5.56 Å². The average molecular weight is 323 g/mol. The fourth-order valence-electron chi connectivity index (χ4n) is 2.54. The van der Waals surface area contributed by atoms with Crippen LogP contribution in [0.4, 0.5) is 4.39 Å². The summed E-state index contributed by atoms with van der Waals surface area (Å²) in [5.74, 6) is -0.559. The van der Waals surface area contributed by atoms with Gasteiger partial charge in [-0.1, -0.05) is 30.3 Å². The molecule has 0 aliphatic carbocycles. The number of benzene rings is 2. The second kappa shape index (κ2) is 7.08. The Morgan fingerprint density at radius 3 is 2.62 bits per heavy atom. The van der Waals surface area contributed by atoms with Crippen molar-refractivity contribution >= 4 is 5.91 Å². The van der Waals surface area contributed by atoms with Gasteiger partial charge in [0.1, 0.15) is 5.82 Å². The normalized spacial score (nSPS) is 11.9. The fourth-order valence-corrected chi connectivity index (χ4v) is 2.54. The summed E-state index contributed by atoms with van der Waals surface area (Å²) < 4.78 is 15.5. The van der Waals surface area contributed by atoms with Crippen molar-refractivity contribution in [1.82, 2.24) is 14.9 Å². The number of imidazole rings is 1. The summed E-state index contributed by atoms with van der Waals surface area (Å²) in [6, 6.07) is 14.0. The first-order valence-electron chi connectivity index (χ1n) is 7.74. The van der Waals surface area contributed by atoms with Crippen LogP contribution in [0.5, 0.6) is 0 Å². The molecule has 0 fully saturated rings. The molecular formula is C19H18FN3O. The number of rotatable bonds is 5. The summed E-state index contributed by atoms with van der Waals surface area (Å²) in [6.45, 7) is 1.91. The minimum atomic E-state index is -0.356. The van der Waals surface area contributed by atoms with Crippen LogP contribution in [0.3, 0.4) is 0 Å². The third-order valence-corrected chi connectivity index (χ3v) is 3.88. The second-order valence-corrected chi connectivity index (χ2v) is 5.62. The van der Waals surface area contributed by atoms with Crippen LogP contribution >= 0.6 is 0 Å². The lowest BCUT2D eigenvalue weighted by atomic mass is 10.1. The monoisotopic (exact) mass is 323 g/mol. The highest BCUT2D eigenvalue weighted by Crippen LogP contribution is 2.16. The molecule has 0 spiro atoms. The molecule has 0 aliphatic heterocycles. The summed E-state index contributed by atoms with van der Waals surface area (Å²) >= 11 is 0. The average Bonchev–Trinajstić information content (AvgIpc) is 3.11. The highest BCUT2D eigenvalue weighted by Gasteiger charge is 2.12. The number of halogens is 1. The Balaban J connectivity index is 1.63. The predicted molar refractivity (Wildman–Crippen MR) is 90.2 cm³/mol. The molecule has 1 aromatic heterocycles. The van der Waals surface area contributed by atoms with Gasteiger partial charge in [-0.25, -0.2) is 9.37 Å². The number of carbonyl (C=O) groups is 1. The van der Waals surface area contributed by atoms with Crippen molar-refractivity contribution in [1.29, 1.82) is 0 Å². The highest BCUT2D eigenvalue weighted by atomic mass is 19.1. The van der Waals surface area contributed by atoms with E-state index in [-0.39, 0.29) is 24.2 Å². The van der Waals surface area contributed by atoms with Gasteiger partial charge in [0.05, 0.1) is 18.8 Å². The van der Waals surface area contributed by atoms with E-state index in [1.54, 1.807) is 30.7 Å². The number of nitrogens with zero attached hydrogens (tertiary/aromatic N) is 2. The zero-order valence-electron chi connectivity index (χ0n) is 13.3. The van der Waals surface area contributed by atoms with Crippen molar-refractivity contribution in [2.75, 3.05) is 0 Å². The molecule has 1 N–H and O–H groups in total. The Bertz CT molecular complexity index is 813. The van der Waals surface area contributed by atoms with E-state index in [0.717, 1.165) is 11.3 Å². The number of aromatic nitrogens is 2. The topological polar surface area (TPSA) is 46.9 Å². The van der Waals surface area contributed by atoms with E-state index in [4.69, 9.17) is 0 Å². The maximum Gasteiger partial charge on any atom is 0.225 e. The molecule has 0 bridgehead atoms. The lowest BCUT2D eigenvalue weighted by Crippen LogP contribution is -2.28. The Labute approximate surface area is 140 Å². The molecule has 0 saturated carbocycles. The SMILES string of the molecule is CC(NC(=O)Cc1ccccc1F)c1ccc(-n2ccnc2)cc1. The van der Waals surface area contributed by atoms with Crippen molar-refractivity contribution in [2.24, 2.45) is 0 Å².